The molecular formula is C25H39BN2O3. The van der Waals surface area contributed by atoms with Gasteiger partial charge in [-0.1, -0.05) is 58.0 Å². The fourth-order valence-corrected chi connectivity index (χ4v) is 6.25. The van der Waals surface area contributed by atoms with Crippen molar-refractivity contribution in [2.24, 2.45) is 28.9 Å². The molecule has 1 saturated heterocycles. The summed E-state index contributed by atoms with van der Waals surface area (Å²) in [6.07, 6.45) is 3.64. The Balaban J connectivity index is 1.47. The van der Waals surface area contributed by atoms with E-state index in [1.807, 2.05) is 30.3 Å². The van der Waals surface area contributed by atoms with Crippen molar-refractivity contribution in [1.29, 1.82) is 0 Å². The summed E-state index contributed by atoms with van der Waals surface area (Å²) >= 11 is 0. The van der Waals surface area contributed by atoms with Crippen molar-refractivity contribution in [2.45, 2.75) is 90.4 Å². The Hall–Kier alpha value is -1.37. The van der Waals surface area contributed by atoms with Crippen LogP contribution in [0.2, 0.25) is 0 Å². The van der Waals surface area contributed by atoms with Gasteiger partial charge in [-0.3, -0.25) is 4.79 Å². The van der Waals surface area contributed by atoms with Crippen LogP contribution in [0.4, 0.5) is 0 Å². The molecule has 1 aliphatic heterocycles. The lowest BCUT2D eigenvalue weighted by Gasteiger charge is -2.64. The summed E-state index contributed by atoms with van der Waals surface area (Å²) in [4.78, 5) is 13.2. The van der Waals surface area contributed by atoms with E-state index in [2.05, 4.69) is 39.9 Å². The first-order chi connectivity index (χ1) is 14.4. The molecule has 4 aliphatic rings. The number of benzene rings is 1. The van der Waals surface area contributed by atoms with E-state index < -0.39 is 12.7 Å². The normalized spacial score (nSPS) is 33.9. The molecule has 6 heteroatoms. The van der Waals surface area contributed by atoms with E-state index in [-0.39, 0.29) is 23.6 Å². The molecule has 3 saturated carbocycles. The summed E-state index contributed by atoms with van der Waals surface area (Å²) < 4.78 is 13.1. The van der Waals surface area contributed by atoms with E-state index in [1.54, 1.807) is 6.92 Å². The van der Waals surface area contributed by atoms with E-state index in [4.69, 9.17) is 15.0 Å². The Morgan fingerprint density at radius 1 is 1.26 bits per heavy atom. The maximum absolute atomic E-state index is 13.2. The molecule has 2 bridgehead atoms. The lowest BCUT2D eigenvalue weighted by molar-refractivity contribution is -0.199. The first kappa shape index (κ1) is 22.8. The van der Waals surface area contributed by atoms with Crippen molar-refractivity contribution in [3.8, 4) is 0 Å². The van der Waals surface area contributed by atoms with E-state index in [9.17, 15) is 4.79 Å². The van der Waals surface area contributed by atoms with Crippen molar-refractivity contribution in [3.05, 3.63) is 35.9 Å². The largest absolute Gasteiger partial charge is 0.481 e. The van der Waals surface area contributed by atoms with Gasteiger partial charge in [0.05, 0.1) is 23.2 Å². The number of carbonyl (C=O) groups is 1. The minimum absolute atomic E-state index is 0.106. The molecule has 31 heavy (non-hydrogen) atoms. The summed E-state index contributed by atoms with van der Waals surface area (Å²) in [5.74, 6) is 1.24. The Morgan fingerprint density at radius 2 is 1.94 bits per heavy atom. The van der Waals surface area contributed by atoms with Crippen molar-refractivity contribution in [2.75, 3.05) is 0 Å². The minimum atomic E-state index is -1.00. The van der Waals surface area contributed by atoms with Crippen molar-refractivity contribution in [3.63, 3.8) is 0 Å². The molecule has 6 atom stereocenters. The van der Waals surface area contributed by atoms with Crippen LogP contribution in [0.5, 0.6) is 0 Å². The van der Waals surface area contributed by atoms with Crippen LogP contribution in [0, 0.1) is 23.2 Å². The van der Waals surface area contributed by atoms with E-state index in [1.165, 1.54) is 6.42 Å². The third-order valence-corrected chi connectivity index (χ3v) is 8.27. The highest BCUT2D eigenvalue weighted by Crippen LogP contribution is 2.65. The monoisotopic (exact) mass is 426 g/mol. The zero-order valence-electron chi connectivity index (χ0n) is 20.0. The molecule has 5 rings (SSSR count). The van der Waals surface area contributed by atoms with E-state index >= 15 is 0 Å². The molecule has 170 valence electrons. The van der Waals surface area contributed by atoms with Crippen LogP contribution in [0.3, 0.4) is 0 Å². The molecule has 1 unspecified atom stereocenters. The zero-order valence-corrected chi connectivity index (χ0v) is 20.0. The fourth-order valence-electron chi connectivity index (χ4n) is 6.25. The summed E-state index contributed by atoms with van der Waals surface area (Å²) in [5.41, 5.74) is 6.55. The Morgan fingerprint density at radius 3 is 2.55 bits per heavy atom. The van der Waals surface area contributed by atoms with Crippen LogP contribution >= 0.6 is 0 Å². The van der Waals surface area contributed by atoms with Gasteiger partial charge in [-0.25, -0.2) is 0 Å². The number of rotatable bonds is 7. The smallest absolute Gasteiger partial charge is 0.404 e. The van der Waals surface area contributed by atoms with E-state index in [0.717, 1.165) is 18.4 Å². The van der Waals surface area contributed by atoms with Gasteiger partial charge >= 0.3 is 7.12 Å². The second-order valence-electron chi connectivity index (χ2n) is 11.6. The van der Waals surface area contributed by atoms with E-state index in [0.29, 0.717) is 29.6 Å². The zero-order chi connectivity index (χ0) is 22.6. The average molecular weight is 426 g/mol. The highest BCUT2D eigenvalue weighted by molar-refractivity contribution is 6.48. The number of hydrogen-bond donors (Lipinski definition) is 2. The highest BCUT2D eigenvalue weighted by Gasteiger charge is 2.68. The predicted octanol–water partition coefficient (Wildman–Crippen LogP) is 3.74. The van der Waals surface area contributed by atoms with Crippen LogP contribution in [0.15, 0.2) is 30.3 Å². The number of nitrogens with two attached hydrogens (primary N) is 1. The van der Waals surface area contributed by atoms with Crippen LogP contribution in [0.1, 0.15) is 66.4 Å². The topological polar surface area (TPSA) is 73.6 Å². The molecular weight excluding hydrogens is 387 g/mol. The first-order valence-electron chi connectivity index (χ1n) is 11.9. The maximum atomic E-state index is 13.2. The molecule has 5 nitrogen and oxygen atoms in total. The van der Waals surface area contributed by atoms with Gasteiger partial charge in [0.15, 0.2) is 0 Å². The van der Waals surface area contributed by atoms with Gasteiger partial charge in [0.2, 0.25) is 5.91 Å². The number of hydrogen-bond acceptors (Lipinski definition) is 4. The summed E-state index contributed by atoms with van der Waals surface area (Å²) in [5, 5.41) is 3.21. The third kappa shape index (κ3) is 4.07. The Bertz CT molecular complexity index is 812. The maximum Gasteiger partial charge on any atom is 0.481 e. The van der Waals surface area contributed by atoms with Gasteiger partial charge < -0.3 is 20.4 Å². The van der Waals surface area contributed by atoms with Gasteiger partial charge in [-0.05, 0) is 68.3 Å². The highest BCUT2D eigenvalue weighted by atomic mass is 16.7. The molecule has 3 aliphatic carbocycles. The molecule has 0 aromatic heterocycles. The van der Waals surface area contributed by atoms with Gasteiger partial charge in [0.25, 0.3) is 0 Å². The van der Waals surface area contributed by atoms with Crippen molar-refractivity contribution < 1.29 is 14.1 Å². The lowest BCUT2D eigenvalue weighted by atomic mass is 9.43. The molecule has 4 fully saturated rings. The summed E-state index contributed by atoms with van der Waals surface area (Å²) in [6.45, 7) is 13.1. The average Bonchev–Trinajstić information content (AvgIpc) is 3.04. The van der Waals surface area contributed by atoms with Gasteiger partial charge in [0, 0.05) is 0 Å². The quantitative estimate of drug-likeness (QED) is 0.652. The molecule has 1 amide bonds. The lowest BCUT2D eigenvalue weighted by Crippen LogP contribution is -2.65. The second-order valence-corrected chi connectivity index (χ2v) is 11.6. The van der Waals surface area contributed by atoms with Gasteiger partial charge in [-0.15, -0.1) is 0 Å². The molecule has 3 N–H and O–H groups in total. The predicted molar refractivity (Wildman–Crippen MR) is 124 cm³/mol. The fraction of sp³-hybridized carbons (Fsp3) is 0.720. The van der Waals surface area contributed by atoms with Crippen molar-refractivity contribution >= 4 is 13.0 Å². The van der Waals surface area contributed by atoms with Crippen LogP contribution in [-0.2, 0) is 20.5 Å². The SMILES string of the molecule is CC(C)C[C@H](NC(=O)[C@](C)(N)Cc1ccccc1)B1O[C@@H]2CC3C[C@@H](C3(C)C)[C@]2(C)O1. The van der Waals surface area contributed by atoms with Crippen molar-refractivity contribution in [1.82, 2.24) is 5.32 Å². The minimum Gasteiger partial charge on any atom is -0.404 e. The second kappa shape index (κ2) is 7.89. The number of carbonyl (C=O) groups excluding carboxylic acids is 1. The standard InChI is InChI=1S/C25H39BN2O3/c1-16(2)12-21(28-22(29)24(5,27)15-17-10-8-7-9-11-17)26-30-20-14-18-13-19(23(18,3)4)25(20,6)31-26/h7-11,16,18-21H,12-15,27H2,1-6H3,(H,28,29)/t18?,19-,20+,21-,24+,25-/m0/s1. The third-order valence-electron chi connectivity index (χ3n) is 8.27. The Kier molecular flexibility index (Phi) is 5.81. The van der Waals surface area contributed by atoms with Crippen LogP contribution in [0.25, 0.3) is 0 Å². The Labute approximate surface area is 188 Å². The van der Waals surface area contributed by atoms with Crippen LogP contribution in [-0.4, -0.2) is 36.2 Å². The molecule has 1 aromatic carbocycles. The number of amides is 1. The molecule has 0 radical (unpaired) electrons. The number of nitrogens with one attached hydrogen (secondary N) is 1. The van der Waals surface area contributed by atoms with Crippen LogP contribution < -0.4 is 11.1 Å². The summed E-state index contributed by atoms with van der Waals surface area (Å²) in [7, 11) is -0.427. The summed E-state index contributed by atoms with van der Waals surface area (Å²) in [6, 6.07) is 9.93. The molecule has 1 aromatic rings. The molecule has 0 spiro atoms. The van der Waals surface area contributed by atoms with Gasteiger partial charge in [-0.2, -0.15) is 0 Å². The first-order valence-corrected chi connectivity index (χ1v) is 11.9. The molecule has 1 heterocycles. The van der Waals surface area contributed by atoms with Gasteiger partial charge in [0.1, 0.15) is 0 Å².